The highest BCUT2D eigenvalue weighted by Crippen LogP contribution is 2.34. The predicted molar refractivity (Wildman–Crippen MR) is 60.3 cm³/mol. The molecule has 1 N–H and O–H groups in total. The molecule has 7 heteroatoms. The zero-order valence-corrected chi connectivity index (χ0v) is 9.80. The Labute approximate surface area is 88.1 Å². The molecule has 1 heterocycles. The summed E-state index contributed by atoms with van der Waals surface area (Å²) in [5.41, 5.74) is 0. The van der Waals surface area contributed by atoms with E-state index in [9.17, 15) is 0 Å². The van der Waals surface area contributed by atoms with Gasteiger partial charge in [0.25, 0.3) is 0 Å². The molecule has 0 fully saturated rings. The molecule has 0 aliphatic heterocycles. The molecule has 0 spiro atoms. The van der Waals surface area contributed by atoms with Crippen LogP contribution in [0, 0.1) is 4.64 Å². The van der Waals surface area contributed by atoms with E-state index >= 15 is 0 Å². The smallest absolute Gasteiger partial charge is 0.137 e. The zero-order chi connectivity index (χ0) is 8.43. The minimum Gasteiger partial charge on any atom is -0.289 e. The number of hydrogen-bond donors (Lipinski definition) is 3. The maximum atomic E-state index is 5.09. The highest BCUT2D eigenvalue weighted by atomic mass is 33.1. The Morgan fingerprint density at radius 2 is 2.09 bits per heavy atom. The summed E-state index contributed by atoms with van der Waals surface area (Å²) in [4.78, 5) is 0.964. The molecular weight excluding hydrogens is 236 g/mol. The van der Waals surface area contributed by atoms with Crippen LogP contribution in [0.25, 0.3) is 0 Å². The van der Waals surface area contributed by atoms with Crippen LogP contribution in [-0.2, 0) is 7.05 Å². The Hall–Kier alpha value is 0.830. The van der Waals surface area contributed by atoms with Crippen molar-refractivity contribution in [3.63, 3.8) is 0 Å². The first-order valence-corrected chi connectivity index (χ1v) is 6.77. The highest BCUT2D eigenvalue weighted by molar-refractivity contribution is 8.70. The van der Waals surface area contributed by atoms with E-state index < -0.39 is 0 Å². The van der Waals surface area contributed by atoms with Crippen molar-refractivity contribution in [1.82, 2.24) is 9.78 Å². The average Bonchev–Trinajstić information content (AvgIpc) is 2.28. The molecule has 1 rings (SSSR count). The van der Waals surface area contributed by atoms with Crippen molar-refractivity contribution >= 4 is 57.1 Å². The zero-order valence-electron chi connectivity index (χ0n) is 5.57. The largest absolute Gasteiger partial charge is 0.289 e. The third-order valence-corrected chi connectivity index (χ3v) is 4.05. The molecule has 1 aromatic heterocycles. The number of hydrogen-bond acceptors (Lipinski definition) is 5. The van der Waals surface area contributed by atoms with E-state index in [4.69, 9.17) is 12.2 Å². The van der Waals surface area contributed by atoms with Crippen LogP contribution in [0.4, 0.5) is 0 Å². The van der Waals surface area contributed by atoms with Crippen molar-refractivity contribution < 1.29 is 0 Å². The van der Waals surface area contributed by atoms with Gasteiger partial charge in [-0.05, 0) is 10.8 Å². The molecule has 0 saturated heterocycles. The number of H-pyrrole nitrogens is 1. The van der Waals surface area contributed by atoms with E-state index in [1.807, 2.05) is 7.05 Å². The highest BCUT2D eigenvalue weighted by Gasteiger charge is 2.07. The van der Waals surface area contributed by atoms with Crippen LogP contribution < -0.4 is 0 Å². The molecule has 0 bridgehead atoms. The van der Waals surface area contributed by atoms with Gasteiger partial charge < -0.3 is 0 Å². The number of nitrogens with zero attached hydrogens (tertiary/aromatic N) is 1. The average molecular weight is 242 g/mol. The molecule has 0 atom stereocenters. The summed E-state index contributed by atoms with van der Waals surface area (Å²) in [5.74, 6) is 0. The summed E-state index contributed by atoms with van der Waals surface area (Å²) >= 11 is 13.3. The first-order valence-electron chi connectivity index (χ1n) is 2.62. The molecule has 0 radical (unpaired) electrons. The van der Waals surface area contributed by atoms with E-state index in [0.29, 0.717) is 0 Å². The Morgan fingerprint density at radius 1 is 1.45 bits per heavy atom. The third kappa shape index (κ3) is 1.95. The summed E-state index contributed by atoms with van der Waals surface area (Å²) in [7, 11) is 4.54. The van der Waals surface area contributed by atoms with Gasteiger partial charge in [0, 0.05) is 7.05 Å². The van der Waals surface area contributed by atoms with Crippen molar-refractivity contribution in [3.05, 3.63) is 4.64 Å². The Bertz CT molecular complexity index is 300. The number of aromatic amines is 1. The fourth-order valence-electron chi connectivity index (χ4n) is 0.646. The van der Waals surface area contributed by atoms with Crippen LogP contribution in [0.3, 0.4) is 0 Å². The fraction of sp³-hybridized carbons (Fsp3) is 0.250. The summed E-state index contributed by atoms with van der Waals surface area (Å²) in [6.07, 6.45) is 0. The molecule has 11 heavy (non-hydrogen) atoms. The van der Waals surface area contributed by atoms with E-state index in [1.54, 1.807) is 4.68 Å². The second-order valence-corrected chi connectivity index (χ2v) is 4.48. The number of aryl methyl sites for hydroxylation is 1. The van der Waals surface area contributed by atoms with Crippen LogP contribution in [0.2, 0.25) is 0 Å². The quantitative estimate of drug-likeness (QED) is 0.421. The van der Waals surface area contributed by atoms with Crippen molar-refractivity contribution in [2.75, 3.05) is 0 Å². The van der Waals surface area contributed by atoms with E-state index in [2.05, 4.69) is 28.4 Å². The van der Waals surface area contributed by atoms with Gasteiger partial charge in [-0.15, -0.1) is 23.3 Å². The van der Waals surface area contributed by atoms with Crippen LogP contribution in [0.15, 0.2) is 9.92 Å². The maximum Gasteiger partial charge on any atom is 0.137 e. The van der Waals surface area contributed by atoms with Gasteiger partial charge in [0.15, 0.2) is 0 Å². The van der Waals surface area contributed by atoms with Crippen LogP contribution >= 0.6 is 57.1 Å². The van der Waals surface area contributed by atoms with Crippen LogP contribution in [-0.4, -0.2) is 9.78 Å². The summed E-state index contributed by atoms with van der Waals surface area (Å²) in [5, 5.41) is 3.99. The minimum absolute atomic E-state index is 0.765. The molecule has 0 amide bonds. The molecule has 0 aliphatic carbocycles. The first-order chi connectivity index (χ1) is 5.20. The Morgan fingerprint density at radius 3 is 2.45 bits per heavy atom. The number of thiol groups is 2. The van der Waals surface area contributed by atoms with Crippen molar-refractivity contribution in [1.29, 1.82) is 0 Å². The maximum absolute atomic E-state index is 5.09. The molecule has 0 aliphatic rings. The lowest BCUT2D eigenvalue weighted by molar-refractivity contribution is 0.730. The number of rotatable bonds is 2. The molecule has 0 aromatic carbocycles. The normalized spacial score (nSPS) is 10.5. The predicted octanol–water partition coefficient (Wildman–Crippen LogP) is 2.96. The minimum atomic E-state index is 0.765. The molecule has 0 unspecified atom stereocenters. The van der Waals surface area contributed by atoms with Gasteiger partial charge in [0.1, 0.15) is 9.67 Å². The van der Waals surface area contributed by atoms with Crippen molar-refractivity contribution in [2.24, 2.45) is 7.05 Å². The van der Waals surface area contributed by atoms with Gasteiger partial charge >= 0.3 is 0 Å². The van der Waals surface area contributed by atoms with E-state index in [0.717, 1.165) is 14.6 Å². The lowest BCUT2D eigenvalue weighted by Gasteiger charge is -1.89. The number of nitrogens with one attached hydrogen (secondary N) is 1. The first kappa shape index (κ1) is 9.91. The molecule has 2 nitrogen and oxygen atoms in total. The lowest BCUT2D eigenvalue weighted by atomic mass is 10.7. The van der Waals surface area contributed by atoms with Crippen LogP contribution in [0.5, 0.6) is 0 Å². The molecule has 0 saturated carbocycles. The van der Waals surface area contributed by atoms with Gasteiger partial charge in [-0.1, -0.05) is 23.0 Å². The van der Waals surface area contributed by atoms with Crippen LogP contribution in [0.1, 0.15) is 0 Å². The molecule has 62 valence electrons. The van der Waals surface area contributed by atoms with E-state index in [-0.39, 0.29) is 0 Å². The van der Waals surface area contributed by atoms with Gasteiger partial charge in [-0.2, -0.15) is 0 Å². The standard InChI is InChI=1S/C4H6N2S5/c1-6-4(7)2(10-8)3(5-6)11-9/h5,8-9H,1H3. The topological polar surface area (TPSA) is 20.7 Å². The Balaban J connectivity index is 3.27. The third-order valence-electron chi connectivity index (χ3n) is 1.16. The van der Waals surface area contributed by atoms with E-state index in [1.165, 1.54) is 21.6 Å². The van der Waals surface area contributed by atoms with Gasteiger partial charge in [0.05, 0.1) is 4.90 Å². The lowest BCUT2D eigenvalue weighted by Crippen LogP contribution is -1.88. The molecular formula is C4H6N2S5. The monoisotopic (exact) mass is 242 g/mol. The van der Waals surface area contributed by atoms with Gasteiger partial charge in [-0.3, -0.25) is 9.78 Å². The second kappa shape index (κ2) is 4.18. The van der Waals surface area contributed by atoms with Crippen molar-refractivity contribution in [3.8, 4) is 0 Å². The van der Waals surface area contributed by atoms with Gasteiger partial charge in [0.2, 0.25) is 0 Å². The van der Waals surface area contributed by atoms with Gasteiger partial charge in [-0.25, -0.2) is 0 Å². The Kier molecular flexibility index (Phi) is 3.76. The van der Waals surface area contributed by atoms with Crippen molar-refractivity contribution in [2.45, 2.75) is 9.92 Å². The number of aromatic nitrogens is 2. The summed E-state index contributed by atoms with van der Waals surface area (Å²) in [6, 6.07) is 0. The SMILES string of the molecule is Cn1[nH]c(SS)c(SS)c1=S. The summed E-state index contributed by atoms with van der Waals surface area (Å²) < 4.78 is 2.54. The fourth-order valence-corrected chi connectivity index (χ4v) is 3.42. The summed E-state index contributed by atoms with van der Waals surface area (Å²) in [6.45, 7) is 0. The molecule has 1 aromatic rings. The second-order valence-electron chi connectivity index (χ2n) is 1.82.